The third kappa shape index (κ3) is 4.49. The van der Waals surface area contributed by atoms with Crippen molar-refractivity contribution in [2.75, 3.05) is 32.4 Å². The second kappa shape index (κ2) is 8.52. The second-order valence-corrected chi connectivity index (χ2v) is 9.18. The van der Waals surface area contributed by atoms with Crippen LogP contribution < -0.4 is 5.32 Å². The van der Waals surface area contributed by atoms with Gasteiger partial charge in [-0.2, -0.15) is 4.31 Å². The number of sulfonamides is 1. The number of fused-ring (bicyclic) bond motifs is 1. The molecular formula is C18H25FN4O4S. The molecule has 2 fully saturated rings. The number of nitrogens with one attached hydrogen (secondary N) is 1. The Hall–Kier alpha value is -2.07. The summed E-state index contributed by atoms with van der Waals surface area (Å²) in [6.45, 7) is 0.883. The van der Waals surface area contributed by atoms with Crippen molar-refractivity contribution in [2.45, 2.75) is 31.7 Å². The fourth-order valence-electron chi connectivity index (χ4n) is 4.04. The first kappa shape index (κ1) is 20.7. The van der Waals surface area contributed by atoms with Crippen LogP contribution in [0.4, 0.5) is 4.39 Å². The number of aromatic nitrogens is 1. The van der Waals surface area contributed by atoms with Gasteiger partial charge in [0.2, 0.25) is 15.9 Å². The minimum Gasteiger partial charge on any atom is -0.354 e. The molecule has 1 saturated carbocycles. The van der Waals surface area contributed by atoms with Crippen LogP contribution in [0.3, 0.4) is 0 Å². The van der Waals surface area contributed by atoms with Gasteiger partial charge < -0.3 is 10.2 Å². The van der Waals surface area contributed by atoms with E-state index in [1.165, 1.54) is 27.5 Å². The van der Waals surface area contributed by atoms with E-state index in [1.54, 1.807) is 0 Å². The molecule has 2 aliphatic rings. The monoisotopic (exact) mass is 412 g/mol. The zero-order valence-electron chi connectivity index (χ0n) is 15.8. The van der Waals surface area contributed by atoms with Gasteiger partial charge in [-0.25, -0.2) is 17.8 Å². The standard InChI is InChI=1S/C18H25FN4O4S/c1-28(26,27)23-11-4-10-22(18(25)16-14(19)6-3-8-20-16)12-9-21-17(24)13-5-2-7-15(13)23/h3,6,8,13,15H,2,4-5,7,9-12H2,1H3,(H,21,24)/t13-,15+/m1/s1. The summed E-state index contributed by atoms with van der Waals surface area (Å²) < 4.78 is 40.0. The van der Waals surface area contributed by atoms with Crippen LogP contribution in [0, 0.1) is 11.7 Å². The lowest BCUT2D eigenvalue weighted by Crippen LogP contribution is -2.47. The molecular weight excluding hydrogens is 387 g/mol. The molecule has 0 spiro atoms. The van der Waals surface area contributed by atoms with Crippen molar-refractivity contribution in [3.8, 4) is 0 Å². The number of hydrogen-bond donors (Lipinski definition) is 1. The number of carbonyl (C=O) groups is 2. The zero-order valence-corrected chi connectivity index (χ0v) is 16.6. The minimum atomic E-state index is -3.50. The Kier molecular flexibility index (Phi) is 6.29. The average Bonchev–Trinajstić information content (AvgIpc) is 3.10. The summed E-state index contributed by atoms with van der Waals surface area (Å²) in [6, 6.07) is 2.22. The smallest absolute Gasteiger partial charge is 0.275 e. The zero-order chi connectivity index (χ0) is 20.3. The molecule has 8 nitrogen and oxygen atoms in total. The summed E-state index contributed by atoms with van der Waals surface area (Å²) in [6.07, 6.45) is 4.98. The summed E-state index contributed by atoms with van der Waals surface area (Å²) in [5.74, 6) is -1.87. The number of carbonyl (C=O) groups excluding carboxylic acids is 2. The number of halogens is 1. The average molecular weight is 412 g/mol. The van der Waals surface area contributed by atoms with Gasteiger partial charge in [0.05, 0.1) is 12.2 Å². The van der Waals surface area contributed by atoms with E-state index in [-0.39, 0.29) is 49.7 Å². The Morgan fingerprint density at radius 2 is 2.04 bits per heavy atom. The van der Waals surface area contributed by atoms with Crippen molar-refractivity contribution in [1.82, 2.24) is 19.5 Å². The van der Waals surface area contributed by atoms with Crippen LogP contribution in [0.5, 0.6) is 0 Å². The number of nitrogens with zero attached hydrogens (tertiary/aromatic N) is 3. The molecule has 1 aliphatic heterocycles. The molecule has 0 bridgehead atoms. The molecule has 0 aromatic carbocycles. The van der Waals surface area contributed by atoms with E-state index in [2.05, 4.69) is 10.3 Å². The van der Waals surface area contributed by atoms with Gasteiger partial charge in [0.25, 0.3) is 5.91 Å². The normalized spacial score (nSPS) is 24.9. The molecule has 2 amide bonds. The topological polar surface area (TPSA) is 99.7 Å². The highest BCUT2D eigenvalue weighted by Crippen LogP contribution is 2.32. The van der Waals surface area contributed by atoms with Gasteiger partial charge in [-0.15, -0.1) is 0 Å². The molecule has 1 N–H and O–H groups in total. The molecule has 0 radical (unpaired) electrons. The summed E-state index contributed by atoms with van der Waals surface area (Å²) in [5, 5.41) is 2.81. The van der Waals surface area contributed by atoms with Gasteiger partial charge in [-0.05, 0) is 31.4 Å². The molecule has 1 aliphatic carbocycles. The Morgan fingerprint density at radius 3 is 2.75 bits per heavy atom. The molecule has 28 heavy (non-hydrogen) atoms. The van der Waals surface area contributed by atoms with E-state index in [0.717, 1.165) is 12.7 Å². The molecule has 2 heterocycles. The van der Waals surface area contributed by atoms with E-state index in [1.807, 2.05) is 0 Å². The third-order valence-corrected chi connectivity index (χ3v) is 6.65. The van der Waals surface area contributed by atoms with Gasteiger partial charge in [0.15, 0.2) is 11.5 Å². The first-order chi connectivity index (χ1) is 13.3. The predicted octanol–water partition coefficient (Wildman–Crippen LogP) is 0.613. The lowest BCUT2D eigenvalue weighted by Gasteiger charge is -2.30. The number of rotatable bonds is 2. The maximum absolute atomic E-state index is 14.0. The van der Waals surface area contributed by atoms with Crippen molar-refractivity contribution in [3.05, 3.63) is 29.8 Å². The maximum Gasteiger partial charge on any atom is 0.275 e. The van der Waals surface area contributed by atoms with Crippen molar-refractivity contribution in [3.63, 3.8) is 0 Å². The van der Waals surface area contributed by atoms with Crippen molar-refractivity contribution in [2.24, 2.45) is 5.92 Å². The number of hydrogen-bond acceptors (Lipinski definition) is 5. The number of amides is 2. The largest absolute Gasteiger partial charge is 0.354 e. The SMILES string of the molecule is CS(=O)(=O)N1CCCN(C(=O)c2ncccc2F)CCNC(=O)[C@@H]2CCC[C@@H]21. The van der Waals surface area contributed by atoms with Crippen molar-refractivity contribution < 1.29 is 22.4 Å². The Bertz CT molecular complexity index is 848. The fourth-order valence-corrected chi connectivity index (χ4v) is 5.24. The van der Waals surface area contributed by atoms with Crippen LogP contribution in [-0.4, -0.2) is 72.9 Å². The third-order valence-electron chi connectivity index (χ3n) is 5.35. The predicted molar refractivity (Wildman–Crippen MR) is 100 cm³/mol. The molecule has 1 aromatic rings. The second-order valence-electron chi connectivity index (χ2n) is 7.25. The fraction of sp³-hybridized carbons (Fsp3) is 0.611. The highest BCUT2D eigenvalue weighted by atomic mass is 32.2. The van der Waals surface area contributed by atoms with E-state index < -0.39 is 21.7 Å². The van der Waals surface area contributed by atoms with Crippen LogP contribution in [0.15, 0.2) is 18.3 Å². The van der Waals surface area contributed by atoms with Gasteiger partial charge in [0.1, 0.15) is 0 Å². The highest BCUT2D eigenvalue weighted by Gasteiger charge is 2.40. The minimum absolute atomic E-state index is 0.200. The quantitative estimate of drug-likeness (QED) is 0.767. The van der Waals surface area contributed by atoms with Crippen LogP contribution in [0.2, 0.25) is 0 Å². The summed E-state index contributed by atoms with van der Waals surface area (Å²) in [5.41, 5.74) is -0.277. The van der Waals surface area contributed by atoms with Crippen molar-refractivity contribution in [1.29, 1.82) is 0 Å². The summed E-state index contributed by atoms with van der Waals surface area (Å²) in [4.78, 5) is 30.5. The lowest BCUT2D eigenvalue weighted by atomic mass is 10.0. The summed E-state index contributed by atoms with van der Waals surface area (Å²) >= 11 is 0. The van der Waals surface area contributed by atoms with E-state index in [9.17, 15) is 22.4 Å². The van der Waals surface area contributed by atoms with Crippen LogP contribution in [-0.2, 0) is 14.8 Å². The first-order valence-corrected chi connectivity index (χ1v) is 11.3. The van der Waals surface area contributed by atoms with E-state index in [0.29, 0.717) is 19.3 Å². The Morgan fingerprint density at radius 1 is 1.25 bits per heavy atom. The van der Waals surface area contributed by atoms with Crippen LogP contribution in [0.1, 0.15) is 36.2 Å². The molecule has 1 aromatic heterocycles. The molecule has 0 unspecified atom stereocenters. The van der Waals surface area contributed by atoms with Gasteiger partial charge >= 0.3 is 0 Å². The molecule has 10 heteroatoms. The van der Waals surface area contributed by atoms with Crippen LogP contribution >= 0.6 is 0 Å². The van der Waals surface area contributed by atoms with Crippen molar-refractivity contribution >= 4 is 21.8 Å². The van der Waals surface area contributed by atoms with E-state index in [4.69, 9.17) is 0 Å². The molecule has 154 valence electrons. The van der Waals surface area contributed by atoms with Gasteiger partial charge in [0, 0.05) is 38.4 Å². The number of pyridine rings is 1. The maximum atomic E-state index is 14.0. The van der Waals surface area contributed by atoms with Crippen LogP contribution in [0.25, 0.3) is 0 Å². The van der Waals surface area contributed by atoms with E-state index >= 15 is 0 Å². The highest BCUT2D eigenvalue weighted by molar-refractivity contribution is 7.88. The Labute approximate surface area is 164 Å². The molecule has 2 atom stereocenters. The lowest BCUT2D eigenvalue weighted by molar-refractivity contribution is -0.125. The summed E-state index contributed by atoms with van der Waals surface area (Å²) in [7, 11) is -3.50. The molecule has 1 saturated heterocycles. The first-order valence-electron chi connectivity index (χ1n) is 9.43. The molecule has 3 rings (SSSR count). The Balaban J connectivity index is 1.82. The van der Waals surface area contributed by atoms with Gasteiger partial charge in [-0.3, -0.25) is 9.59 Å². The van der Waals surface area contributed by atoms with Gasteiger partial charge in [-0.1, -0.05) is 6.42 Å².